The van der Waals surface area contributed by atoms with Crippen molar-refractivity contribution in [3.8, 4) is 11.1 Å². The Kier molecular flexibility index (Phi) is 6.53. The summed E-state index contributed by atoms with van der Waals surface area (Å²) >= 11 is 0. The number of piperazine rings is 2. The molecule has 1 saturated carbocycles. The van der Waals surface area contributed by atoms with E-state index in [1.54, 1.807) is 0 Å². The molecule has 2 saturated heterocycles. The molecule has 1 aromatic heterocycles. The molecule has 6 nitrogen and oxygen atoms in total. The van der Waals surface area contributed by atoms with Crippen LogP contribution in [0, 0.1) is 0 Å². The van der Waals surface area contributed by atoms with E-state index >= 15 is 0 Å². The first-order chi connectivity index (χ1) is 15.7. The number of nitrogens with zero attached hydrogens (tertiary/aromatic N) is 5. The van der Waals surface area contributed by atoms with E-state index in [2.05, 4.69) is 33.9 Å². The normalized spacial score (nSPS) is 21.5. The number of aromatic nitrogens is 1. The Morgan fingerprint density at radius 2 is 1.56 bits per heavy atom. The van der Waals surface area contributed by atoms with E-state index in [9.17, 15) is 4.79 Å². The predicted octanol–water partition coefficient (Wildman–Crippen LogP) is 2.81. The molecule has 0 spiro atoms. The highest BCUT2D eigenvalue weighted by atomic mass is 16.2. The lowest BCUT2D eigenvalue weighted by atomic mass is 9.91. The zero-order chi connectivity index (χ0) is 21.9. The second-order valence-electron chi connectivity index (χ2n) is 9.61. The summed E-state index contributed by atoms with van der Waals surface area (Å²) in [6.07, 6.45) is 6.18. The lowest BCUT2D eigenvalue weighted by molar-refractivity contribution is 0.0583. The number of likely N-dealkylation sites (N-methyl/N-ethyl adjacent to an activating group) is 1. The van der Waals surface area contributed by atoms with Gasteiger partial charge in [0.05, 0.1) is 5.69 Å². The summed E-state index contributed by atoms with van der Waals surface area (Å²) in [5, 5.41) is 0. The molecule has 1 aromatic carbocycles. The van der Waals surface area contributed by atoms with E-state index < -0.39 is 0 Å². The summed E-state index contributed by atoms with van der Waals surface area (Å²) in [5.74, 6) is 0.135. The molecule has 1 amide bonds. The summed E-state index contributed by atoms with van der Waals surface area (Å²) in [7, 11) is 2.10. The molecule has 0 radical (unpaired) electrons. The number of amides is 1. The highest BCUT2D eigenvalue weighted by Crippen LogP contribution is 2.26. The van der Waals surface area contributed by atoms with Gasteiger partial charge in [0, 0.05) is 82.3 Å². The van der Waals surface area contributed by atoms with E-state index in [0.29, 0.717) is 0 Å². The third-order valence-corrected chi connectivity index (χ3v) is 7.46. The van der Waals surface area contributed by atoms with E-state index in [-0.39, 0.29) is 5.91 Å². The monoisotopic (exact) mass is 433 g/mol. The van der Waals surface area contributed by atoms with Crippen molar-refractivity contribution in [2.24, 2.45) is 0 Å². The van der Waals surface area contributed by atoms with Gasteiger partial charge >= 0.3 is 0 Å². The molecule has 3 fully saturated rings. The molecule has 0 N–H and O–H groups in total. The van der Waals surface area contributed by atoms with E-state index in [4.69, 9.17) is 4.98 Å². The molecule has 3 aliphatic rings. The smallest absolute Gasteiger partial charge is 0.253 e. The zero-order valence-electron chi connectivity index (χ0n) is 19.2. The second-order valence-corrected chi connectivity index (χ2v) is 9.61. The molecule has 5 rings (SSSR count). The van der Waals surface area contributed by atoms with Gasteiger partial charge < -0.3 is 9.80 Å². The number of carbonyl (C=O) groups is 1. The van der Waals surface area contributed by atoms with Crippen LogP contribution in [0.1, 0.15) is 35.3 Å². The van der Waals surface area contributed by atoms with Crippen molar-refractivity contribution in [3.63, 3.8) is 0 Å². The first-order valence-corrected chi connectivity index (χ1v) is 12.2. The molecule has 1 aliphatic carbocycles. The third-order valence-electron chi connectivity index (χ3n) is 7.46. The van der Waals surface area contributed by atoms with Crippen molar-refractivity contribution >= 4 is 5.91 Å². The average Bonchev–Trinajstić information content (AvgIpc) is 2.80. The quantitative estimate of drug-likeness (QED) is 0.726. The van der Waals surface area contributed by atoms with Gasteiger partial charge in [0.2, 0.25) is 0 Å². The fraction of sp³-hybridized carbons (Fsp3) is 0.538. The minimum absolute atomic E-state index is 0.135. The number of pyridine rings is 1. The van der Waals surface area contributed by atoms with Crippen LogP contribution in [-0.4, -0.2) is 95.9 Å². The van der Waals surface area contributed by atoms with Gasteiger partial charge in [-0.05, 0) is 43.7 Å². The lowest BCUT2D eigenvalue weighted by Crippen LogP contribution is -2.51. The average molecular weight is 434 g/mol. The van der Waals surface area contributed by atoms with E-state index in [0.717, 1.165) is 74.2 Å². The lowest BCUT2D eigenvalue weighted by Gasteiger charge is -2.42. The van der Waals surface area contributed by atoms with Crippen molar-refractivity contribution in [1.82, 2.24) is 24.6 Å². The maximum Gasteiger partial charge on any atom is 0.253 e. The highest BCUT2D eigenvalue weighted by Gasteiger charge is 2.27. The van der Waals surface area contributed by atoms with Crippen LogP contribution >= 0.6 is 0 Å². The molecular weight excluding hydrogens is 398 g/mol. The topological polar surface area (TPSA) is 42.9 Å². The molecule has 2 aliphatic heterocycles. The molecule has 6 heteroatoms. The van der Waals surface area contributed by atoms with Crippen LogP contribution < -0.4 is 0 Å². The summed E-state index contributed by atoms with van der Waals surface area (Å²) < 4.78 is 0. The number of carbonyl (C=O) groups excluding carboxylic acids is 1. The Morgan fingerprint density at radius 3 is 2.16 bits per heavy atom. The van der Waals surface area contributed by atoms with Crippen LogP contribution in [0.2, 0.25) is 0 Å². The predicted molar refractivity (Wildman–Crippen MR) is 128 cm³/mol. The third kappa shape index (κ3) is 4.87. The van der Waals surface area contributed by atoms with Gasteiger partial charge in [-0.3, -0.25) is 19.6 Å². The standard InChI is InChI=1S/C26H35N5O/c1-28-11-15-31(16-12-28)26(32)22-7-5-21(6-8-22)23-9-10-24(27-19-23)20-29-13-17-30(18-14-29)25-3-2-4-25/h5-10,19,25H,2-4,11-18,20H2,1H3. The first kappa shape index (κ1) is 21.6. The van der Waals surface area contributed by atoms with Crippen LogP contribution in [0.25, 0.3) is 11.1 Å². The van der Waals surface area contributed by atoms with E-state index in [1.165, 1.54) is 32.4 Å². The number of benzene rings is 1. The summed E-state index contributed by atoms with van der Waals surface area (Å²) in [6, 6.07) is 13.1. The SMILES string of the molecule is CN1CCN(C(=O)c2ccc(-c3ccc(CN4CCN(C5CCC5)CC4)nc3)cc2)CC1. The molecule has 3 heterocycles. The minimum Gasteiger partial charge on any atom is -0.336 e. The zero-order valence-corrected chi connectivity index (χ0v) is 19.2. The Hall–Kier alpha value is -2.28. The maximum atomic E-state index is 12.8. The Balaban J connectivity index is 1.15. The van der Waals surface area contributed by atoms with Crippen LogP contribution in [0.3, 0.4) is 0 Å². The summed E-state index contributed by atoms with van der Waals surface area (Å²) in [4.78, 5) is 26.9. The number of hydrogen-bond donors (Lipinski definition) is 0. The van der Waals surface area contributed by atoms with E-state index in [1.807, 2.05) is 35.4 Å². The number of rotatable bonds is 5. The molecule has 2 aromatic rings. The molecule has 0 atom stereocenters. The minimum atomic E-state index is 0.135. The molecular formula is C26H35N5O. The second kappa shape index (κ2) is 9.69. The van der Waals surface area contributed by atoms with Gasteiger partial charge in [-0.2, -0.15) is 0 Å². The van der Waals surface area contributed by atoms with Crippen LogP contribution in [-0.2, 0) is 6.54 Å². The largest absolute Gasteiger partial charge is 0.336 e. The van der Waals surface area contributed by atoms with Gasteiger partial charge in [-0.15, -0.1) is 0 Å². The van der Waals surface area contributed by atoms with Crippen molar-refractivity contribution in [2.45, 2.75) is 31.8 Å². The molecule has 0 bridgehead atoms. The van der Waals surface area contributed by atoms with Crippen LogP contribution in [0.5, 0.6) is 0 Å². The summed E-state index contributed by atoms with van der Waals surface area (Å²) in [6.45, 7) is 9.10. The van der Waals surface area contributed by atoms with Crippen molar-refractivity contribution in [1.29, 1.82) is 0 Å². The Morgan fingerprint density at radius 1 is 0.875 bits per heavy atom. The summed E-state index contributed by atoms with van der Waals surface area (Å²) in [5.41, 5.74) is 4.10. The maximum absolute atomic E-state index is 12.8. The highest BCUT2D eigenvalue weighted by molar-refractivity contribution is 5.94. The van der Waals surface area contributed by atoms with Gasteiger partial charge in [0.15, 0.2) is 0 Å². The number of hydrogen-bond acceptors (Lipinski definition) is 5. The molecule has 0 unspecified atom stereocenters. The molecule has 170 valence electrons. The van der Waals surface area contributed by atoms with Gasteiger partial charge in [-0.25, -0.2) is 0 Å². The van der Waals surface area contributed by atoms with Crippen LogP contribution in [0.4, 0.5) is 0 Å². The Labute approximate surface area is 191 Å². The Bertz CT molecular complexity index is 893. The first-order valence-electron chi connectivity index (χ1n) is 12.2. The fourth-order valence-corrected chi connectivity index (χ4v) is 4.95. The van der Waals surface area contributed by atoms with Gasteiger partial charge in [0.25, 0.3) is 5.91 Å². The molecule has 32 heavy (non-hydrogen) atoms. The van der Waals surface area contributed by atoms with Crippen LogP contribution in [0.15, 0.2) is 42.6 Å². The van der Waals surface area contributed by atoms with Crippen molar-refractivity contribution in [2.75, 3.05) is 59.4 Å². The van der Waals surface area contributed by atoms with Crippen molar-refractivity contribution in [3.05, 3.63) is 53.9 Å². The van der Waals surface area contributed by atoms with Gasteiger partial charge in [-0.1, -0.05) is 24.6 Å². The fourth-order valence-electron chi connectivity index (χ4n) is 4.95. The van der Waals surface area contributed by atoms with Gasteiger partial charge in [0.1, 0.15) is 0 Å². The van der Waals surface area contributed by atoms with Crippen molar-refractivity contribution < 1.29 is 4.79 Å².